The molecular formula is C29H36O6. The number of Topliss-reactive ketones (excluding diaryl/α,β-unsaturated/α-hetero) is 1. The molecule has 0 fully saturated rings. The molecule has 0 saturated heterocycles. The van der Waals surface area contributed by atoms with Crippen LogP contribution in [0.15, 0.2) is 36.4 Å². The number of carbonyl (C=O) groups excluding carboxylic acids is 2. The average molecular weight is 481 g/mol. The van der Waals surface area contributed by atoms with Gasteiger partial charge in [0.25, 0.3) is 0 Å². The number of esters is 1. The van der Waals surface area contributed by atoms with Gasteiger partial charge in [-0.2, -0.15) is 0 Å². The van der Waals surface area contributed by atoms with Crippen LogP contribution in [-0.4, -0.2) is 35.2 Å². The van der Waals surface area contributed by atoms with E-state index < -0.39 is 12.1 Å². The number of aliphatic hydroxyl groups is 1. The Balaban J connectivity index is 1.88. The molecule has 2 aromatic rings. The van der Waals surface area contributed by atoms with E-state index in [-0.39, 0.29) is 30.8 Å². The predicted molar refractivity (Wildman–Crippen MR) is 136 cm³/mol. The van der Waals surface area contributed by atoms with Crippen LogP contribution in [0.2, 0.25) is 0 Å². The van der Waals surface area contributed by atoms with Gasteiger partial charge in [-0.05, 0) is 58.6 Å². The normalized spacial score (nSPS) is 15.3. The molecule has 0 radical (unpaired) electrons. The first kappa shape index (κ1) is 26.5. The molecule has 188 valence electrons. The van der Waals surface area contributed by atoms with E-state index >= 15 is 0 Å². The molecule has 0 saturated carbocycles. The van der Waals surface area contributed by atoms with E-state index in [9.17, 15) is 14.7 Å². The first-order valence-corrected chi connectivity index (χ1v) is 12.2. The molecule has 1 aliphatic heterocycles. The third-order valence-electron chi connectivity index (χ3n) is 6.21. The summed E-state index contributed by atoms with van der Waals surface area (Å²) in [6.07, 6.45) is 3.59. The van der Waals surface area contributed by atoms with Gasteiger partial charge in [-0.1, -0.05) is 42.5 Å². The Labute approximate surface area is 207 Å². The Hall–Kier alpha value is -3.12. The molecule has 1 aliphatic rings. The van der Waals surface area contributed by atoms with Gasteiger partial charge in [0.2, 0.25) is 0 Å². The number of benzene rings is 2. The van der Waals surface area contributed by atoms with Crippen molar-refractivity contribution in [2.24, 2.45) is 0 Å². The van der Waals surface area contributed by atoms with Crippen LogP contribution in [-0.2, 0) is 27.4 Å². The fraction of sp³-hybridized carbons (Fsp3) is 0.448. The Bertz CT molecular complexity index is 1080. The molecule has 2 aromatic carbocycles. The molecule has 6 nitrogen and oxygen atoms in total. The number of hydrogen-bond donors (Lipinski definition) is 1. The molecule has 1 unspecified atom stereocenters. The summed E-state index contributed by atoms with van der Waals surface area (Å²) in [5, 5.41) is 10.5. The fourth-order valence-corrected chi connectivity index (χ4v) is 4.32. The van der Waals surface area contributed by atoms with E-state index in [4.69, 9.17) is 14.2 Å². The highest BCUT2D eigenvalue weighted by molar-refractivity contribution is 5.95. The number of hydrogen-bond acceptors (Lipinski definition) is 6. The lowest BCUT2D eigenvalue weighted by molar-refractivity contribution is -0.145. The lowest BCUT2D eigenvalue weighted by atomic mass is 9.87. The number of rotatable bonds is 10. The summed E-state index contributed by atoms with van der Waals surface area (Å²) in [4.78, 5) is 23.7. The van der Waals surface area contributed by atoms with Gasteiger partial charge >= 0.3 is 5.97 Å². The number of fused-ring (bicyclic) bond motifs is 1. The molecule has 35 heavy (non-hydrogen) atoms. The molecule has 1 atom stereocenters. The Morgan fingerprint density at radius 2 is 1.89 bits per heavy atom. The molecule has 0 bridgehead atoms. The van der Waals surface area contributed by atoms with Crippen LogP contribution in [0, 0.1) is 13.8 Å². The van der Waals surface area contributed by atoms with Crippen molar-refractivity contribution < 1.29 is 28.9 Å². The van der Waals surface area contributed by atoms with Crippen molar-refractivity contribution in [2.45, 2.75) is 78.6 Å². The SMILES string of the molecule is CCOC(=O)CC(=O)CC(O)/C=C/c1c(C)c(OCc2ccccc2)c(C)c2c1OC(C)(C)CC2. The van der Waals surface area contributed by atoms with Gasteiger partial charge in [0, 0.05) is 23.1 Å². The molecule has 3 rings (SSSR count). The minimum Gasteiger partial charge on any atom is -0.488 e. The maximum Gasteiger partial charge on any atom is 0.313 e. The third kappa shape index (κ3) is 6.95. The minimum atomic E-state index is -1.03. The van der Waals surface area contributed by atoms with Crippen LogP contribution in [0.4, 0.5) is 0 Å². The lowest BCUT2D eigenvalue weighted by Gasteiger charge is -2.35. The number of ketones is 1. The molecule has 0 aromatic heterocycles. The highest BCUT2D eigenvalue weighted by atomic mass is 16.5. The van der Waals surface area contributed by atoms with Crippen molar-refractivity contribution in [3.8, 4) is 11.5 Å². The van der Waals surface area contributed by atoms with E-state index in [0.29, 0.717) is 6.61 Å². The van der Waals surface area contributed by atoms with Crippen LogP contribution in [0.25, 0.3) is 6.08 Å². The van der Waals surface area contributed by atoms with Crippen molar-refractivity contribution >= 4 is 17.8 Å². The van der Waals surface area contributed by atoms with E-state index in [1.54, 1.807) is 19.1 Å². The predicted octanol–water partition coefficient (Wildman–Crippen LogP) is 5.27. The van der Waals surface area contributed by atoms with Gasteiger partial charge in [-0.15, -0.1) is 0 Å². The fourth-order valence-electron chi connectivity index (χ4n) is 4.32. The van der Waals surface area contributed by atoms with Gasteiger partial charge in [-0.25, -0.2) is 0 Å². The monoisotopic (exact) mass is 480 g/mol. The van der Waals surface area contributed by atoms with Crippen LogP contribution in [0.1, 0.15) is 67.9 Å². The summed E-state index contributed by atoms with van der Waals surface area (Å²) < 4.78 is 17.5. The highest BCUT2D eigenvalue weighted by Crippen LogP contribution is 2.44. The first-order chi connectivity index (χ1) is 16.6. The maximum atomic E-state index is 12.1. The zero-order valence-electron chi connectivity index (χ0n) is 21.3. The highest BCUT2D eigenvalue weighted by Gasteiger charge is 2.31. The zero-order valence-corrected chi connectivity index (χ0v) is 21.3. The first-order valence-electron chi connectivity index (χ1n) is 12.2. The van der Waals surface area contributed by atoms with Gasteiger partial charge in [0.15, 0.2) is 0 Å². The summed E-state index contributed by atoms with van der Waals surface area (Å²) >= 11 is 0. The summed E-state index contributed by atoms with van der Waals surface area (Å²) in [5.74, 6) is 0.661. The number of carbonyl (C=O) groups is 2. The van der Waals surface area contributed by atoms with E-state index in [1.807, 2.05) is 37.3 Å². The van der Waals surface area contributed by atoms with Crippen molar-refractivity contribution in [3.63, 3.8) is 0 Å². The lowest BCUT2D eigenvalue weighted by Crippen LogP contribution is -2.33. The minimum absolute atomic E-state index is 0.161. The third-order valence-corrected chi connectivity index (χ3v) is 6.21. The Morgan fingerprint density at radius 3 is 2.57 bits per heavy atom. The molecule has 1 N–H and O–H groups in total. The van der Waals surface area contributed by atoms with Crippen molar-refractivity contribution in [2.75, 3.05) is 6.61 Å². The zero-order chi connectivity index (χ0) is 25.6. The van der Waals surface area contributed by atoms with Crippen molar-refractivity contribution in [1.29, 1.82) is 0 Å². The number of ether oxygens (including phenoxy) is 3. The average Bonchev–Trinajstić information content (AvgIpc) is 2.78. The Morgan fingerprint density at radius 1 is 1.17 bits per heavy atom. The van der Waals surface area contributed by atoms with Gasteiger partial charge in [0.05, 0.1) is 12.7 Å². The molecular weight excluding hydrogens is 444 g/mol. The van der Waals surface area contributed by atoms with Crippen LogP contribution < -0.4 is 9.47 Å². The molecule has 0 amide bonds. The summed E-state index contributed by atoms with van der Waals surface area (Å²) in [7, 11) is 0. The number of aliphatic hydroxyl groups excluding tert-OH is 1. The Kier molecular flexibility index (Phi) is 8.73. The quantitative estimate of drug-likeness (QED) is 0.368. The molecule has 6 heteroatoms. The maximum absolute atomic E-state index is 12.1. The standard InChI is InChI=1S/C29H36O6/c1-6-33-26(32)17-23(31)16-22(30)12-13-24-19(2)27(34-18-21-10-8-7-9-11-21)20(3)25-14-15-29(4,5)35-28(24)25/h7-13,22,30H,6,14-18H2,1-5H3/b13-12+. The van der Waals surface area contributed by atoms with Crippen molar-refractivity contribution in [3.05, 3.63) is 64.2 Å². The van der Waals surface area contributed by atoms with Gasteiger partial charge in [-0.3, -0.25) is 9.59 Å². The molecule has 0 aliphatic carbocycles. The van der Waals surface area contributed by atoms with Crippen molar-refractivity contribution in [1.82, 2.24) is 0 Å². The summed E-state index contributed by atoms with van der Waals surface area (Å²) in [6, 6.07) is 10.0. The van der Waals surface area contributed by atoms with E-state index in [0.717, 1.165) is 52.2 Å². The molecule has 1 heterocycles. The van der Waals surface area contributed by atoms with E-state index in [1.165, 1.54) is 0 Å². The van der Waals surface area contributed by atoms with E-state index in [2.05, 4.69) is 20.8 Å². The largest absolute Gasteiger partial charge is 0.488 e. The smallest absolute Gasteiger partial charge is 0.313 e. The van der Waals surface area contributed by atoms with Crippen LogP contribution in [0.3, 0.4) is 0 Å². The van der Waals surface area contributed by atoms with Gasteiger partial charge < -0.3 is 19.3 Å². The second-order valence-electron chi connectivity index (χ2n) is 9.59. The topological polar surface area (TPSA) is 82.1 Å². The summed E-state index contributed by atoms with van der Waals surface area (Å²) in [5.41, 5.74) is 4.68. The van der Waals surface area contributed by atoms with Crippen LogP contribution in [0.5, 0.6) is 11.5 Å². The van der Waals surface area contributed by atoms with Gasteiger partial charge in [0.1, 0.15) is 35.9 Å². The summed E-state index contributed by atoms with van der Waals surface area (Å²) in [6.45, 7) is 10.5. The second kappa shape index (κ2) is 11.5. The second-order valence-corrected chi connectivity index (χ2v) is 9.59. The van der Waals surface area contributed by atoms with Crippen LogP contribution >= 0.6 is 0 Å². The molecule has 0 spiro atoms.